The first-order valence-corrected chi connectivity index (χ1v) is 11.2. The number of carbonyl (C=O) groups is 4. The van der Waals surface area contributed by atoms with E-state index < -0.39 is 0 Å². The van der Waals surface area contributed by atoms with Crippen molar-refractivity contribution in [2.24, 2.45) is 0 Å². The maximum absolute atomic E-state index is 12.7. The molecule has 2 aliphatic heterocycles. The van der Waals surface area contributed by atoms with E-state index in [1.807, 2.05) is 6.92 Å². The molecular weight excluding hydrogens is 422 g/mol. The lowest BCUT2D eigenvalue weighted by molar-refractivity contribution is -0.132. The highest BCUT2D eigenvalue weighted by atomic mass is 16.5. The van der Waals surface area contributed by atoms with Gasteiger partial charge in [0.15, 0.2) is 0 Å². The van der Waals surface area contributed by atoms with Gasteiger partial charge in [0, 0.05) is 37.7 Å². The van der Waals surface area contributed by atoms with Gasteiger partial charge in [-0.2, -0.15) is 0 Å². The highest BCUT2D eigenvalue weighted by molar-refractivity contribution is 6.21. The summed E-state index contributed by atoms with van der Waals surface area (Å²) in [5, 5.41) is 3.03. The van der Waals surface area contributed by atoms with Crippen LogP contribution in [0, 0.1) is 0 Å². The molecule has 172 valence electrons. The Hall–Kier alpha value is -3.68. The highest BCUT2D eigenvalue weighted by Gasteiger charge is 2.35. The summed E-state index contributed by atoms with van der Waals surface area (Å²) in [7, 11) is 0. The van der Waals surface area contributed by atoms with E-state index in [1.165, 1.54) is 0 Å². The Kier molecular flexibility index (Phi) is 6.72. The number of ether oxygens (including phenoxy) is 1. The monoisotopic (exact) mass is 449 g/mol. The van der Waals surface area contributed by atoms with Crippen molar-refractivity contribution in [2.75, 3.05) is 26.2 Å². The Labute approximate surface area is 192 Å². The quantitative estimate of drug-likeness (QED) is 0.656. The SMILES string of the molecule is CCOc1ccc(C(=O)NC2CCN(C(=O)CCN3C(=O)c4ccccc4C3=O)CC2)cc1. The second-order valence-corrected chi connectivity index (χ2v) is 8.14. The summed E-state index contributed by atoms with van der Waals surface area (Å²) in [6, 6.07) is 13.7. The van der Waals surface area contributed by atoms with Crippen molar-refractivity contribution in [3.63, 3.8) is 0 Å². The molecule has 4 rings (SSSR count). The van der Waals surface area contributed by atoms with Crippen LogP contribution in [0.1, 0.15) is 57.3 Å². The number of hydrogen-bond acceptors (Lipinski definition) is 5. The number of piperidine rings is 1. The minimum atomic E-state index is -0.348. The fourth-order valence-corrected chi connectivity index (χ4v) is 4.22. The average Bonchev–Trinajstić information content (AvgIpc) is 3.08. The number of nitrogens with zero attached hydrogens (tertiary/aromatic N) is 2. The zero-order valence-corrected chi connectivity index (χ0v) is 18.6. The number of fused-ring (bicyclic) bond motifs is 1. The fourth-order valence-electron chi connectivity index (χ4n) is 4.22. The molecule has 1 saturated heterocycles. The van der Waals surface area contributed by atoms with Crippen LogP contribution in [0.4, 0.5) is 0 Å². The standard InChI is InChI=1S/C25H27N3O5/c1-2-33-19-9-7-17(8-10-19)23(30)26-18-11-14-27(15-12-18)22(29)13-16-28-24(31)20-5-3-4-6-21(20)25(28)32/h3-10,18H,2,11-16H2,1H3,(H,26,30). The summed E-state index contributed by atoms with van der Waals surface area (Å²) in [6.45, 7) is 3.59. The van der Waals surface area contributed by atoms with Crippen LogP contribution in [-0.2, 0) is 4.79 Å². The minimum absolute atomic E-state index is 0.00986. The Morgan fingerprint density at radius 2 is 1.58 bits per heavy atom. The van der Waals surface area contributed by atoms with E-state index in [2.05, 4.69) is 5.32 Å². The summed E-state index contributed by atoms with van der Waals surface area (Å²) in [6.07, 6.45) is 1.40. The van der Waals surface area contributed by atoms with Gasteiger partial charge in [-0.3, -0.25) is 24.1 Å². The van der Waals surface area contributed by atoms with Crippen molar-refractivity contribution in [2.45, 2.75) is 32.2 Å². The number of hydrogen-bond donors (Lipinski definition) is 1. The second kappa shape index (κ2) is 9.85. The molecule has 0 radical (unpaired) electrons. The van der Waals surface area contributed by atoms with Crippen molar-refractivity contribution in [1.29, 1.82) is 0 Å². The molecule has 1 N–H and O–H groups in total. The molecule has 2 aromatic rings. The Bertz CT molecular complexity index is 1020. The van der Waals surface area contributed by atoms with Crippen LogP contribution in [0.25, 0.3) is 0 Å². The van der Waals surface area contributed by atoms with Gasteiger partial charge in [0.05, 0.1) is 17.7 Å². The van der Waals surface area contributed by atoms with E-state index in [-0.39, 0.29) is 42.6 Å². The Balaban J connectivity index is 1.23. The van der Waals surface area contributed by atoms with Crippen molar-refractivity contribution in [3.8, 4) is 5.75 Å². The van der Waals surface area contributed by atoms with Crippen molar-refractivity contribution >= 4 is 23.6 Å². The maximum atomic E-state index is 12.7. The molecule has 2 aromatic carbocycles. The number of imide groups is 1. The van der Waals surface area contributed by atoms with Gasteiger partial charge in [0.25, 0.3) is 17.7 Å². The first-order chi connectivity index (χ1) is 16.0. The Morgan fingerprint density at radius 1 is 0.970 bits per heavy atom. The van der Waals surface area contributed by atoms with Crippen LogP contribution >= 0.6 is 0 Å². The second-order valence-electron chi connectivity index (χ2n) is 8.14. The molecule has 33 heavy (non-hydrogen) atoms. The average molecular weight is 450 g/mol. The molecular formula is C25H27N3O5. The van der Waals surface area contributed by atoms with Gasteiger partial charge in [-0.05, 0) is 56.2 Å². The van der Waals surface area contributed by atoms with Gasteiger partial charge in [0.1, 0.15) is 5.75 Å². The van der Waals surface area contributed by atoms with Gasteiger partial charge >= 0.3 is 0 Å². The van der Waals surface area contributed by atoms with Crippen molar-refractivity contribution in [3.05, 3.63) is 65.2 Å². The van der Waals surface area contributed by atoms with E-state index in [1.54, 1.807) is 53.4 Å². The molecule has 8 heteroatoms. The van der Waals surface area contributed by atoms with Crippen LogP contribution in [0.3, 0.4) is 0 Å². The number of rotatable bonds is 7. The summed E-state index contributed by atoms with van der Waals surface area (Å²) in [5.41, 5.74) is 1.34. The summed E-state index contributed by atoms with van der Waals surface area (Å²) < 4.78 is 5.40. The molecule has 0 saturated carbocycles. The summed E-state index contributed by atoms with van der Waals surface area (Å²) in [5.74, 6) is -0.211. The van der Waals surface area contributed by atoms with Crippen LogP contribution in [0.15, 0.2) is 48.5 Å². The predicted molar refractivity (Wildman–Crippen MR) is 121 cm³/mol. The number of amides is 4. The lowest BCUT2D eigenvalue weighted by Crippen LogP contribution is -2.47. The van der Waals surface area contributed by atoms with Crippen molar-refractivity contribution in [1.82, 2.24) is 15.1 Å². The molecule has 1 fully saturated rings. The lowest BCUT2D eigenvalue weighted by Gasteiger charge is -2.32. The van der Waals surface area contributed by atoms with Gasteiger partial charge in [-0.1, -0.05) is 12.1 Å². The lowest BCUT2D eigenvalue weighted by atomic mass is 10.0. The molecule has 8 nitrogen and oxygen atoms in total. The van der Waals surface area contributed by atoms with Crippen LogP contribution in [-0.4, -0.2) is 65.7 Å². The van der Waals surface area contributed by atoms with E-state index in [9.17, 15) is 19.2 Å². The van der Waals surface area contributed by atoms with Gasteiger partial charge in [0.2, 0.25) is 5.91 Å². The molecule has 2 aliphatic rings. The van der Waals surface area contributed by atoms with Crippen molar-refractivity contribution < 1.29 is 23.9 Å². The highest BCUT2D eigenvalue weighted by Crippen LogP contribution is 2.23. The fraction of sp³-hybridized carbons (Fsp3) is 0.360. The molecule has 2 heterocycles. The number of benzene rings is 2. The van der Waals surface area contributed by atoms with E-state index in [0.717, 1.165) is 10.6 Å². The van der Waals surface area contributed by atoms with E-state index in [0.29, 0.717) is 49.2 Å². The zero-order chi connectivity index (χ0) is 23.4. The van der Waals surface area contributed by atoms with Gasteiger partial charge in [-0.25, -0.2) is 0 Å². The largest absolute Gasteiger partial charge is 0.494 e. The topological polar surface area (TPSA) is 96.0 Å². The number of nitrogens with one attached hydrogen (secondary N) is 1. The molecule has 0 aromatic heterocycles. The third-order valence-corrected chi connectivity index (χ3v) is 6.04. The maximum Gasteiger partial charge on any atom is 0.261 e. The van der Waals surface area contributed by atoms with Gasteiger partial charge < -0.3 is 15.0 Å². The zero-order valence-electron chi connectivity index (χ0n) is 18.6. The van der Waals surface area contributed by atoms with Gasteiger partial charge in [-0.15, -0.1) is 0 Å². The minimum Gasteiger partial charge on any atom is -0.494 e. The molecule has 0 bridgehead atoms. The van der Waals surface area contributed by atoms with Crippen LogP contribution < -0.4 is 10.1 Å². The van der Waals surface area contributed by atoms with Crippen LogP contribution in [0.2, 0.25) is 0 Å². The summed E-state index contributed by atoms with van der Waals surface area (Å²) >= 11 is 0. The van der Waals surface area contributed by atoms with Crippen LogP contribution in [0.5, 0.6) is 5.75 Å². The predicted octanol–water partition coefficient (Wildman–Crippen LogP) is 2.49. The first kappa shape index (κ1) is 22.5. The first-order valence-electron chi connectivity index (χ1n) is 11.2. The molecule has 0 spiro atoms. The third-order valence-electron chi connectivity index (χ3n) is 6.04. The molecule has 0 atom stereocenters. The van der Waals surface area contributed by atoms with E-state index in [4.69, 9.17) is 4.74 Å². The normalized spacial score (nSPS) is 16.0. The smallest absolute Gasteiger partial charge is 0.261 e. The third kappa shape index (κ3) is 4.89. The number of likely N-dealkylation sites (tertiary alicyclic amines) is 1. The summed E-state index contributed by atoms with van der Waals surface area (Å²) in [4.78, 5) is 52.9. The number of carbonyl (C=O) groups excluding carboxylic acids is 4. The molecule has 0 aliphatic carbocycles. The molecule has 4 amide bonds. The Morgan fingerprint density at radius 3 is 2.15 bits per heavy atom. The van der Waals surface area contributed by atoms with E-state index >= 15 is 0 Å². The molecule has 0 unspecified atom stereocenters.